The van der Waals surface area contributed by atoms with E-state index < -0.39 is 0 Å². The fourth-order valence-corrected chi connectivity index (χ4v) is 1.59. The van der Waals surface area contributed by atoms with Gasteiger partial charge < -0.3 is 5.73 Å². The Labute approximate surface area is 98.7 Å². The number of carbonyl (C=O) groups excluding carboxylic acids is 1. The van der Waals surface area contributed by atoms with Crippen LogP contribution in [0.5, 0.6) is 0 Å². The number of anilines is 1. The zero-order valence-electron chi connectivity index (χ0n) is 8.48. The Kier molecular flexibility index (Phi) is 2.93. The second-order valence-electron chi connectivity index (χ2n) is 3.48. The van der Waals surface area contributed by atoms with Crippen molar-refractivity contribution in [3.05, 3.63) is 53.1 Å². The van der Waals surface area contributed by atoms with Crippen molar-refractivity contribution < 1.29 is 4.79 Å². The van der Waals surface area contributed by atoms with Crippen molar-refractivity contribution in [1.29, 1.82) is 0 Å². The Bertz CT molecular complexity index is 520. The summed E-state index contributed by atoms with van der Waals surface area (Å²) >= 11 is 5.84. The van der Waals surface area contributed by atoms with Gasteiger partial charge in [-0.05, 0) is 23.3 Å². The molecule has 0 aromatic heterocycles. The molecule has 2 N–H and O–H groups in total. The average Bonchev–Trinajstić information content (AvgIpc) is 2.33. The molecular weight excluding hydrogens is 222 g/mol. The molecule has 0 spiro atoms. The molecular formula is C13H10ClNO. The number of benzene rings is 2. The van der Waals surface area contributed by atoms with Crippen LogP contribution in [-0.2, 0) is 0 Å². The lowest BCUT2D eigenvalue weighted by atomic mass is 10.0. The zero-order valence-corrected chi connectivity index (χ0v) is 9.24. The highest BCUT2D eigenvalue weighted by Crippen LogP contribution is 2.26. The van der Waals surface area contributed by atoms with Crippen LogP contribution < -0.4 is 5.73 Å². The first-order valence-corrected chi connectivity index (χ1v) is 5.19. The topological polar surface area (TPSA) is 43.1 Å². The molecule has 80 valence electrons. The summed E-state index contributed by atoms with van der Waals surface area (Å²) in [6.45, 7) is 0. The quantitative estimate of drug-likeness (QED) is 0.636. The highest BCUT2D eigenvalue weighted by atomic mass is 35.5. The minimum Gasteiger partial charge on any atom is -0.398 e. The molecule has 0 aliphatic carbocycles. The van der Waals surface area contributed by atoms with Crippen LogP contribution in [0.1, 0.15) is 10.4 Å². The molecule has 2 rings (SSSR count). The molecule has 16 heavy (non-hydrogen) atoms. The van der Waals surface area contributed by atoms with E-state index in [1.807, 2.05) is 24.3 Å². The molecule has 0 saturated heterocycles. The Morgan fingerprint density at radius 1 is 1.00 bits per heavy atom. The number of hydrogen-bond donors (Lipinski definition) is 1. The molecule has 0 radical (unpaired) electrons. The summed E-state index contributed by atoms with van der Waals surface area (Å²) in [5.41, 5.74) is 8.93. The number of carbonyl (C=O) groups is 1. The van der Waals surface area contributed by atoms with Crippen molar-refractivity contribution in [2.24, 2.45) is 0 Å². The molecule has 0 aliphatic heterocycles. The maximum atomic E-state index is 10.5. The summed E-state index contributed by atoms with van der Waals surface area (Å²) < 4.78 is 0. The molecule has 3 heteroatoms. The van der Waals surface area contributed by atoms with Crippen LogP contribution in [0, 0.1) is 0 Å². The predicted octanol–water partition coefficient (Wildman–Crippen LogP) is 3.40. The number of rotatable bonds is 2. The second kappa shape index (κ2) is 4.37. The molecule has 0 heterocycles. The molecule has 0 fully saturated rings. The van der Waals surface area contributed by atoms with Gasteiger partial charge in [0.05, 0.1) is 10.7 Å². The molecule has 0 saturated carbocycles. The van der Waals surface area contributed by atoms with Crippen molar-refractivity contribution in [2.45, 2.75) is 0 Å². The van der Waals surface area contributed by atoms with Crippen molar-refractivity contribution >= 4 is 23.6 Å². The van der Waals surface area contributed by atoms with Gasteiger partial charge in [0.15, 0.2) is 0 Å². The van der Waals surface area contributed by atoms with E-state index in [0.717, 1.165) is 17.4 Å². The van der Waals surface area contributed by atoms with Gasteiger partial charge in [-0.25, -0.2) is 0 Å². The minimum atomic E-state index is 0.549. The highest BCUT2D eigenvalue weighted by molar-refractivity contribution is 6.33. The number of hydrogen-bond acceptors (Lipinski definition) is 2. The lowest BCUT2D eigenvalue weighted by Crippen LogP contribution is -1.87. The fourth-order valence-electron chi connectivity index (χ4n) is 1.48. The van der Waals surface area contributed by atoms with Gasteiger partial charge in [-0.15, -0.1) is 0 Å². The van der Waals surface area contributed by atoms with Gasteiger partial charge in [-0.3, -0.25) is 4.79 Å². The summed E-state index contributed by atoms with van der Waals surface area (Å²) in [5.74, 6) is 0. The maximum Gasteiger partial charge on any atom is 0.150 e. The van der Waals surface area contributed by atoms with Gasteiger partial charge in [0.2, 0.25) is 0 Å². The highest BCUT2D eigenvalue weighted by Gasteiger charge is 2.01. The number of nitrogen functional groups attached to an aromatic ring is 1. The van der Waals surface area contributed by atoms with E-state index in [9.17, 15) is 4.79 Å². The normalized spacial score (nSPS) is 10.1. The van der Waals surface area contributed by atoms with E-state index in [-0.39, 0.29) is 0 Å². The van der Waals surface area contributed by atoms with E-state index in [2.05, 4.69) is 0 Å². The van der Waals surface area contributed by atoms with Crippen molar-refractivity contribution in [1.82, 2.24) is 0 Å². The molecule has 2 nitrogen and oxygen atoms in total. The minimum absolute atomic E-state index is 0.549. The van der Waals surface area contributed by atoms with E-state index in [1.54, 1.807) is 18.2 Å². The van der Waals surface area contributed by atoms with Crippen LogP contribution in [0.2, 0.25) is 5.02 Å². The monoisotopic (exact) mass is 231 g/mol. The summed E-state index contributed by atoms with van der Waals surface area (Å²) in [7, 11) is 0. The molecule has 0 amide bonds. The molecule has 0 unspecified atom stereocenters. The lowest BCUT2D eigenvalue weighted by molar-refractivity contribution is 0.112. The van der Waals surface area contributed by atoms with Gasteiger partial charge in [-0.2, -0.15) is 0 Å². The van der Waals surface area contributed by atoms with E-state index in [0.29, 0.717) is 16.3 Å². The first-order valence-electron chi connectivity index (χ1n) is 4.81. The van der Waals surface area contributed by atoms with Gasteiger partial charge in [-0.1, -0.05) is 41.9 Å². The smallest absolute Gasteiger partial charge is 0.150 e. The first-order chi connectivity index (χ1) is 7.70. The average molecular weight is 232 g/mol. The third-order valence-corrected chi connectivity index (χ3v) is 2.72. The zero-order chi connectivity index (χ0) is 11.5. The predicted molar refractivity (Wildman–Crippen MR) is 66.7 cm³/mol. The summed E-state index contributed by atoms with van der Waals surface area (Å²) in [4.78, 5) is 10.5. The number of halogens is 1. The molecule has 0 atom stereocenters. The fraction of sp³-hybridized carbons (Fsp3) is 0. The van der Waals surface area contributed by atoms with Gasteiger partial charge in [0.25, 0.3) is 0 Å². The standard InChI is InChI=1S/C13H10ClNO/c14-12-6-5-11(7-13(12)15)10-3-1-9(8-16)2-4-10/h1-8H,15H2. The largest absolute Gasteiger partial charge is 0.398 e. The van der Waals surface area contributed by atoms with Crippen LogP contribution in [-0.4, -0.2) is 6.29 Å². The Balaban J connectivity index is 2.42. The SMILES string of the molecule is Nc1cc(-c2ccc(C=O)cc2)ccc1Cl. The number of aldehydes is 1. The summed E-state index contributed by atoms with van der Waals surface area (Å²) in [6.07, 6.45) is 0.819. The van der Waals surface area contributed by atoms with Crippen molar-refractivity contribution in [3.8, 4) is 11.1 Å². The number of nitrogens with two attached hydrogens (primary N) is 1. The van der Waals surface area contributed by atoms with E-state index >= 15 is 0 Å². The van der Waals surface area contributed by atoms with Gasteiger partial charge >= 0.3 is 0 Å². The maximum absolute atomic E-state index is 10.5. The van der Waals surface area contributed by atoms with Gasteiger partial charge in [0.1, 0.15) is 6.29 Å². The molecule has 2 aromatic rings. The van der Waals surface area contributed by atoms with Crippen LogP contribution in [0.25, 0.3) is 11.1 Å². The second-order valence-corrected chi connectivity index (χ2v) is 3.88. The van der Waals surface area contributed by atoms with E-state index in [4.69, 9.17) is 17.3 Å². The van der Waals surface area contributed by atoms with Crippen LogP contribution in [0.4, 0.5) is 5.69 Å². The Morgan fingerprint density at radius 3 is 2.19 bits per heavy atom. The summed E-state index contributed by atoms with van der Waals surface area (Å²) in [6, 6.07) is 12.8. The molecule has 0 bridgehead atoms. The van der Waals surface area contributed by atoms with Crippen LogP contribution >= 0.6 is 11.6 Å². The Morgan fingerprint density at radius 2 is 1.62 bits per heavy atom. The summed E-state index contributed by atoms with van der Waals surface area (Å²) in [5, 5.41) is 0.549. The van der Waals surface area contributed by atoms with Crippen molar-refractivity contribution in [2.75, 3.05) is 5.73 Å². The third kappa shape index (κ3) is 2.07. The third-order valence-electron chi connectivity index (χ3n) is 2.38. The van der Waals surface area contributed by atoms with Crippen LogP contribution in [0.15, 0.2) is 42.5 Å². The first kappa shape index (κ1) is 10.7. The molecule has 0 aliphatic rings. The lowest BCUT2D eigenvalue weighted by Gasteiger charge is -2.04. The van der Waals surface area contributed by atoms with Crippen LogP contribution in [0.3, 0.4) is 0 Å². The van der Waals surface area contributed by atoms with Crippen molar-refractivity contribution in [3.63, 3.8) is 0 Å². The molecule has 2 aromatic carbocycles. The van der Waals surface area contributed by atoms with E-state index in [1.165, 1.54) is 0 Å². The van der Waals surface area contributed by atoms with Gasteiger partial charge in [0, 0.05) is 5.56 Å². The Hall–Kier alpha value is -1.80.